The summed E-state index contributed by atoms with van der Waals surface area (Å²) >= 11 is 5.38. The van der Waals surface area contributed by atoms with Crippen molar-refractivity contribution in [3.05, 3.63) is 6.26 Å². The first-order valence-corrected chi connectivity index (χ1v) is 3.81. The van der Waals surface area contributed by atoms with Gasteiger partial charge in [-0.3, -0.25) is 5.41 Å². The van der Waals surface area contributed by atoms with Gasteiger partial charge in [-0.25, -0.2) is 0 Å². The Balaban J connectivity index is 0. The molecule has 0 aromatic carbocycles. The van der Waals surface area contributed by atoms with Crippen LogP contribution in [0.4, 0.5) is 0 Å². The standard InChI is InChI=1S/C5H11Cl.C2H3NO/c1-2-3-4-5-6;3-1-2-4/h2-5H2,1H3;2-4H. The Morgan fingerprint density at radius 1 is 1.60 bits per heavy atom. The van der Waals surface area contributed by atoms with E-state index in [1.807, 2.05) is 0 Å². The van der Waals surface area contributed by atoms with E-state index >= 15 is 0 Å². The lowest BCUT2D eigenvalue weighted by molar-refractivity contribution is 0.480. The first-order chi connectivity index (χ1) is 4.83. The zero-order valence-electron chi connectivity index (χ0n) is 6.23. The van der Waals surface area contributed by atoms with Gasteiger partial charge >= 0.3 is 0 Å². The van der Waals surface area contributed by atoms with Gasteiger partial charge in [-0.05, 0) is 6.42 Å². The first-order valence-electron chi connectivity index (χ1n) is 3.27. The summed E-state index contributed by atoms with van der Waals surface area (Å²) in [6.07, 6.45) is 4.27. The van der Waals surface area contributed by atoms with Gasteiger partial charge in [-0.15, -0.1) is 11.6 Å². The Morgan fingerprint density at radius 3 is 2.20 bits per heavy atom. The van der Waals surface area contributed by atoms with Crippen molar-refractivity contribution in [2.45, 2.75) is 26.2 Å². The van der Waals surface area contributed by atoms with Crippen LogP contribution in [0.15, 0.2) is 6.26 Å². The molecule has 0 spiro atoms. The van der Waals surface area contributed by atoms with E-state index in [1.54, 1.807) is 5.87 Å². The first kappa shape index (κ1) is 12.2. The molecule has 0 bridgehead atoms. The molecule has 2 nitrogen and oxygen atoms in total. The van der Waals surface area contributed by atoms with E-state index in [-0.39, 0.29) is 0 Å². The van der Waals surface area contributed by atoms with Crippen LogP contribution in [-0.2, 0) is 0 Å². The maximum atomic E-state index is 7.45. The number of alkyl halides is 1. The number of unbranched alkanes of at least 4 members (excludes halogenated alkanes) is 2. The van der Waals surface area contributed by atoms with Crippen molar-refractivity contribution in [2.75, 3.05) is 5.88 Å². The van der Waals surface area contributed by atoms with Gasteiger partial charge in [0.1, 0.15) is 6.26 Å². The molecule has 0 aliphatic heterocycles. The van der Waals surface area contributed by atoms with Crippen molar-refractivity contribution in [1.82, 2.24) is 0 Å². The number of rotatable bonds is 3. The number of nitrogens with one attached hydrogen (secondary N) is 1. The lowest BCUT2D eigenvalue weighted by atomic mass is 10.3. The van der Waals surface area contributed by atoms with Crippen LogP contribution in [0.3, 0.4) is 0 Å². The topological polar surface area (TPSA) is 44.1 Å². The van der Waals surface area contributed by atoms with Crippen LogP contribution >= 0.6 is 11.6 Å². The maximum Gasteiger partial charge on any atom is 0.140 e. The summed E-state index contributed by atoms with van der Waals surface area (Å²) in [4.78, 5) is 0. The SMILES string of the molecule is CCCCCCl.N=C=CO. The second kappa shape index (κ2) is 15.8. The largest absolute Gasteiger partial charge is 0.506 e. The van der Waals surface area contributed by atoms with Gasteiger partial charge in [0.25, 0.3) is 0 Å². The van der Waals surface area contributed by atoms with Gasteiger partial charge in [-0.1, -0.05) is 19.8 Å². The molecule has 0 aromatic heterocycles. The van der Waals surface area contributed by atoms with Gasteiger partial charge in [0.2, 0.25) is 0 Å². The Labute approximate surface area is 67.0 Å². The van der Waals surface area contributed by atoms with Crippen LogP contribution in [0, 0.1) is 5.41 Å². The van der Waals surface area contributed by atoms with Crippen LogP contribution in [0.1, 0.15) is 26.2 Å². The molecule has 0 saturated carbocycles. The predicted octanol–water partition coefficient (Wildman–Crippen LogP) is 2.72. The van der Waals surface area contributed by atoms with Gasteiger partial charge in [0.05, 0.1) is 0 Å². The highest BCUT2D eigenvalue weighted by molar-refractivity contribution is 6.17. The van der Waals surface area contributed by atoms with Crippen LogP contribution in [0.2, 0.25) is 0 Å². The van der Waals surface area contributed by atoms with Gasteiger partial charge < -0.3 is 5.11 Å². The summed E-state index contributed by atoms with van der Waals surface area (Å²) in [7, 11) is 0. The quantitative estimate of drug-likeness (QED) is 0.286. The van der Waals surface area contributed by atoms with Gasteiger partial charge in [0.15, 0.2) is 0 Å². The molecule has 0 aromatic rings. The smallest absolute Gasteiger partial charge is 0.140 e. The maximum absolute atomic E-state index is 7.45. The third-order valence-electron chi connectivity index (χ3n) is 0.802. The molecule has 0 saturated heterocycles. The minimum atomic E-state index is 0.542. The van der Waals surface area contributed by atoms with Crippen molar-refractivity contribution < 1.29 is 5.11 Å². The van der Waals surface area contributed by atoms with Gasteiger partial charge in [0, 0.05) is 11.7 Å². The number of hydrogen-bond acceptors (Lipinski definition) is 2. The minimum Gasteiger partial charge on any atom is -0.506 e. The van der Waals surface area contributed by atoms with Crippen molar-refractivity contribution in [1.29, 1.82) is 5.41 Å². The van der Waals surface area contributed by atoms with Crippen LogP contribution < -0.4 is 0 Å². The predicted molar refractivity (Wildman–Crippen MR) is 45.2 cm³/mol. The van der Waals surface area contributed by atoms with E-state index in [9.17, 15) is 0 Å². The zero-order valence-corrected chi connectivity index (χ0v) is 6.99. The molecule has 2 N–H and O–H groups in total. The molecular formula is C7H14ClNO. The van der Waals surface area contributed by atoms with Crippen LogP contribution in [0.5, 0.6) is 0 Å². The van der Waals surface area contributed by atoms with E-state index in [4.69, 9.17) is 22.1 Å². The zero-order chi connectivity index (χ0) is 8.24. The highest BCUT2D eigenvalue weighted by atomic mass is 35.5. The Morgan fingerprint density at radius 2 is 2.10 bits per heavy atom. The molecule has 10 heavy (non-hydrogen) atoms. The van der Waals surface area contributed by atoms with E-state index in [0.29, 0.717) is 6.26 Å². The molecule has 0 amide bonds. The fraction of sp³-hybridized carbons (Fsp3) is 0.714. The van der Waals surface area contributed by atoms with Crippen LogP contribution in [-0.4, -0.2) is 16.9 Å². The fourth-order valence-electron chi connectivity index (χ4n) is 0.344. The molecule has 0 aliphatic carbocycles. The summed E-state index contributed by atoms with van der Waals surface area (Å²) in [6, 6.07) is 0. The summed E-state index contributed by atoms with van der Waals surface area (Å²) in [6.45, 7) is 2.17. The molecule has 3 heteroatoms. The average Bonchev–Trinajstić information content (AvgIpc) is 2.01. The fourth-order valence-corrected chi connectivity index (χ4v) is 0.533. The average molecular weight is 164 g/mol. The Hall–Kier alpha value is -0.460. The summed E-state index contributed by atoms with van der Waals surface area (Å²) < 4.78 is 0. The second-order valence-corrected chi connectivity index (χ2v) is 2.05. The Bertz CT molecular complexity index is 85.6. The van der Waals surface area contributed by atoms with E-state index in [0.717, 1.165) is 5.88 Å². The summed E-state index contributed by atoms with van der Waals surface area (Å²) in [5.74, 6) is 2.44. The van der Waals surface area contributed by atoms with E-state index in [1.165, 1.54) is 19.3 Å². The molecule has 0 unspecified atom stereocenters. The lowest BCUT2D eigenvalue weighted by Crippen LogP contribution is -1.70. The molecule has 0 rings (SSSR count). The molecule has 0 aliphatic rings. The highest BCUT2D eigenvalue weighted by Crippen LogP contribution is 1.93. The van der Waals surface area contributed by atoms with Crippen molar-refractivity contribution >= 4 is 17.5 Å². The third-order valence-corrected chi connectivity index (χ3v) is 1.07. The lowest BCUT2D eigenvalue weighted by Gasteiger charge is -1.84. The normalized spacial score (nSPS) is 7.00. The third kappa shape index (κ3) is 25.7. The van der Waals surface area contributed by atoms with E-state index in [2.05, 4.69) is 6.92 Å². The summed E-state index contributed by atoms with van der Waals surface area (Å²) in [5, 5.41) is 13.3. The van der Waals surface area contributed by atoms with E-state index < -0.39 is 0 Å². The molecular weight excluding hydrogens is 150 g/mol. The van der Waals surface area contributed by atoms with Crippen LogP contribution in [0.25, 0.3) is 0 Å². The monoisotopic (exact) mass is 163 g/mol. The number of aliphatic hydroxyl groups excluding tert-OH is 1. The minimum absolute atomic E-state index is 0.542. The molecule has 60 valence electrons. The highest BCUT2D eigenvalue weighted by Gasteiger charge is 1.76. The molecule has 0 radical (unpaired) electrons. The Kier molecular flexibility index (Phi) is 19.4. The molecule has 0 fully saturated rings. The number of aliphatic hydroxyl groups is 1. The molecule has 0 heterocycles. The van der Waals surface area contributed by atoms with Crippen molar-refractivity contribution in [2.24, 2.45) is 0 Å². The number of hydrogen-bond donors (Lipinski definition) is 2. The number of halogens is 1. The summed E-state index contributed by atoms with van der Waals surface area (Å²) in [5.41, 5.74) is 0. The van der Waals surface area contributed by atoms with Crippen molar-refractivity contribution in [3.8, 4) is 0 Å². The molecule has 0 atom stereocenters. The van der Waals surface area contributed by atoms with Gasteiger partial charge in [-0.2, -0.15) is 0 Å². The second-order valence-electron chi connectivity index (χ2n) is 1.67. The van der Waals surface area contributed by atoms with Crippen molar-refractivity contribution in [3.63, 3.8) is 0 Å².